The van der Waals surface area contributed by atoms with Crippen LogP contribution in [0.25, 0.3) is 0 Å². The average Bonchev–Trinajstić information content (AvgIpc) is 3.15. The Morgan fingerprint density at radius 1 is 1.08 bits per heavy atom. The highest BCUT2D eigenvalue weighted by molar-refractivity contribution is 5.43. The molecular formula is C20H24FNO3. The third kappa shape index (κ3) is 5.18. The summed E-state index contributed by atoms with van der Waals surface area (Å²) in [5.74, 6) is 1.24. The van der Waals surface area contributed by atoms with E-state index in [0.717, 1.165) is 42.1 Å². The van der Waals surface area contributed by atoms with Gasteiger partial charge in [0.05, 0.1) is 13.2 Å². The lowest BCUT2D eigenvalue weighted by molar-refractivity contribution is 0.0669. The Bertz CT molecular complexity index is 669. The van der Waals surface area contributed by atoms with Crippen LogP contribution in [-0.2, 0) is 17.8 Å². The summed E-state index contributed by atoms with van der Waals surface area (Å²) in [5.41, 5.74) is 2.15. The second kappa shape index (κ2) is 8.83. The minimum Gasteiger partial charge on any atom is -0.493 e. The quantitative estimate of drug-likeness (QED) is 0.792. The first-order chi connectivity index (χ1) is 12.2. The molecule has 1 aliphatic heterocycles. The molecule has 1 atom stereocenters. The van der Waals surface area contributed by atoms with Crippen molar-refractivity contribution in [3.8, 4) is 11.5 Å². The van der Waals surface area contributed by atoms with Crippen LogP contribution in [0.3, 0.4) is 0 Å². The Morgan fingerprint density at radius 3 is 2.56 bits per heavy atom. The molecule has 0 aromatic heterocycles. The molecule has 3 rings (SSSR count). The van der Waals surface area contributed by atoms with Crippen LogP contribution in [0.1, 0.15) is 24.0 Å². The molecular weight excluding hydrogens is 321 g/mol. The maximum Gasteiger partial charge on any atom is 0.161 e. The summed E-state index contributed by atoms with van der Waals surface area (Å²) >= 11 is 0. The van der Waals surface area contributed by atoms with Crippen molar-refractivity contribution in [1.29, 1.82) is 0 Å². The summed E-state index contributed by atoms with van der Waals surface area (Å²) in [6, 6.07) is 12.4. The van der Waals surface area contributed by atoms with Crippen LogP contribution in [0.15, 0.2) is 42.5 Å². The van der Waals surface area contributed by atoms with Gasteiger partial charge in [-0.2, -0.15) is 0 Å². The highest BCUT2D eigenvalue weighted by Gasteiger charge is 2.17. The molecule has 1 heterocycles. The largest absolute Gasteiger partial charge is 0.493 e. The normalized spacial score (nSPS) is 16.8. The molecule has 0 spiro atoms. The van der Waals surface area contributed by atoms with Gasteiger partial charge >= 0.3 is 0 Å². The van der Waals surface area contributed by atoms with Crippen LogP contribution >= 0.6 is 0 Å². The summed E-state index contributed by atoms with van der Waals surface area (Å²) in [6.45, 7) is 2.75. The van der Waals surface area contributed by atoms with E-state index in [2.05, 4.69) is 5.32 Å². The summed E-state index contributed by atoms with van der Waals surface area (Å²) < 4.78 is 29.8. The standard InChI is InChI=1S/C20H24FNO3/c1-23-20-11-16(13-22-12-15-4-7-17(21)8-5-15)6-9-19(20)25-14-18-3-2-10-24-18/h4-9,11,18,22H,2-3,10,12-14H2,1H3. The second-order valence-electron chi connectivity index (χ2n) is 6.16. The van der Waals surface area contributed by atoms with Crippen molar-refractivity contribution in [2.75, 3.05) is 20.3 Å². The summed E-state index contributed by atoms with van der Waals surface area (Å²) in [5, 5.41) is 3.35. The summed E-state index contributed by atoms with van der Waals surface area (Å²) in [7, 11) is 1.64. The van der Waals surface area contributed by atoms with Gasteiger partial charge in [-0.05, 0) is 48.2 Å². The molecule has 1 N–H and O–H groups in total. The highest BCUT2D eigenvalue weighted by Crippen LogP contribution is 2.29. The minimum atomic E-state index is -0.216. The van der Waals surface area contributed by atoms with Gasteiger partial charge in [-0.25, -0.2) is 4.39 Å². The molecule has 2 aromatic carbocycles. The third-order valence-corrected chi connectivity index (χ3v) is 4.25. The van der Waals surface area contributed by atoms with Gasteiger partial charge in [0.15, 0.2) is 11.5 Å². The van der Waals surface area contributed by atoms with Gasteiger partial charge in [-0.3, -0.25) is 0 Å². The molecule has 2 aromatic rings. The zero-order valence-electron chi connectivity index (χ0n) is 14.5. The lowest BCUT2D eigenvalue weighted by Crippen LogP contribution is -2.16. The zero-order chi connectivity index (χ0) is 17.5. The molecule has 5 heteroatoms. The van der Waals surface area contributed by atoms with Gasteiger partial charge in [0.1, 0.15) is 12.4 Å². The molecule has 0 saturated carbocycles. The van der Waals surface area contributed by atoms with E-state index in [-0.39, 0.29) is 11.9 Å². The molecule has 0 bridgehead atoms. The number of halogens is 1. The van der Waals surface area contributed by atoms with E-state index in [1.807, 2.05) is 18.2 Å². The van der Waals surface area contributed by atoms with Crippen molar-refractivity contribution in [2.24, 2.45) is 0 Å². The molecule has 134 valence electrons. The number of hydrogen-bond donors (Lipinski definition) is 1. The smallest absolute Gasteiger partial charge is 0.161 e. The van der Waals surface area contributed by atoms with Crippen LogP contribution in [0.4, 0.5) is 4.39 Å². The number of methoxy groups -OCH3 is 1. The first-order valence-electron chi connectivity index (χ1n) is 8.61. The Morgan fingerprint density at radius 2 is 1.84 bits per heavy atom. The van der Waals surface area contributed by atoms with Crippen LogP contribution < -0.4 is 14.8 Å². The Labute approximate surface area is 147 Å². The average molecular weight is 345 g/mol. The monoisotopic (exact) mass is 345 g/mol. The van der Waals surface area contributed by atoms with Crippen molar-refractivity contribution in [1.82, 2.24) is 5.32 Å². The van der Waals surface area contributed by atoms with Gasteiger partial charge in [-0.15, -0.1) is 0 Å². The van der Waals surface area contributed by atoms with Crippen LogP contribution in [0.2, 0.25) is 0 Å². The van der Waals surface area contributed by atoms with E-state index in [4.69, 9.17) is 14.2 Å². The maximum atomic E-state index is 12.9. The van der Waals surface area contributed by atoms with Crippen LogP contribution in [0.5, 0.6) is 11.5 Å². The van der Waals surface area contributed by atoms with Crippen molar-refractivity contribution in [3.63, 3.8) is 0 Å². The number of hydrogen-bond acceptors (Lipinski definition) is 4. The Balaban J connectivity index is 1.52. The number of benzene rings is 2. The summed E-state index contributed by atoms with van der Waals surface area (Å²) in [4.78, 5) is 0. The van der Waals surface area contributed by atoms with Crippen LogP contribution in [0, 0.1) is 5.82 Å². The van der Waals surface area contributed by atoms with Gasteiger partial charge < -0.3 is 19.5 Å². The van der Waals surface area contributed by atoms with E-state index < -0.39 is 0 Å². The molecule has 1 unspecified atom stereocenters. The van der Waals surface area contributed by atoms with E-state index in [0.29, 0.717) is 19.7 Å². The molecule has 0 aliphatic carbocycles. The van der Waals surface area contributed by atoms with Crippen LogP contribution in [-0.4, -0.2) is 26.4 Å². The van der Waals surface area contributed by atoms with E-state index in [1.54, 1.807) is 19.2 Å². The van der Waals surface area contributed by atoms with E-state index >= 15 is 0 Å². The Hall–Kier alpha value is -2.11. The van der Waals surface area contributed by atoms with E-state index in [1.165, 1.54) is 12.1 Å². The highest BCUT2D eigenvalue weighted by atomic mass is 19.1. The van der Waals surface area contributed by atoms with Crippen molar-refractivity contribution < 1.29 is 18.6 Å². The van der Waals surface area contributed by atoms with Gasteiger partial charge in [-0.1, -0.05) is 18.2 Å². The fourth-order valence-corrected chi connectivity index (χ4v) is 2.85. The molecule has 1 fully saturated rings. The van der Waals surface area contributed by atoms with Gasteiger partial charge in [0.2, 0.25) is 0 Å². The zero-order valence-corrected chi connectivity index (χ0v) is 14.5. The fourth-order valence-electron chi connectivity index (χ4n) is 2.85. The molecule has 1 saturated heterocycles. The second-order valence-corrected chi connectivity index (χ2v) is 6.16. The minimum absolute atomic E-state index is 0.182. The van der Waals surface area contributed by atoms with Crippen molar-refractivity contribution in [3.05, 3.63) is 59.4 Å². The molecule has 4 nitrogen and oxygen atoms in total. The Kier molecular flexibility index (Phi) is 6.25. The predicted molar refractivity (Wildman–Crippen MR) is 94.4 cm³/mol. The lowest BCUT2D eigenvalue weighted by Gasteiger charge is -2.15. The lowest BCUT2D eigenvalue weighted by atomic mass is 10.2. The molecule has 1 aliphatic rings. The summed E-state index contributed by atoms with van der Waals surface area (Å²) in [6.07, 6.45) is 2.33. The third-order valence-electron chi connectivity index (χ3n) is 4.25. The predicted octanol–water partition coefficient (Wildman–Crippen LogP) is 3.68. The number of rotatable bonds is 8. The fraction of sp³-hybridized carbons (Fsp3) is 0.400. The van der Waals surface area contributed by atoms with Gasteiger partial charge in [0, 0.05) is 19.7 Å². The first-order valence-corrected chi connectivity index (χ1v) is 8.61. The molecule has 0 amide bonds. The van der Waals surface area contributed by atoms with Crippen molar-refractivity contribution >= 4 is 0 Å². The number of ether oxygens (including phenoxy) is 3. The topological polar surface area (TPSA) is 39.7 Å². The first kappa shape index (κ1) is 17.7. The van der Waals surface area contributed by atoms with Crippen molar-refractivity contribution in [2.45, 2.75) is 32.0 Å². The van der Waals surface area contributed by atoms with E-state index in [9.17, 15) is 4.39 Å². The number of nitrogens with one attached hydrogen (secondary N) is 1. The molecule has 25 heavy (non-hydrogen) atoms. The van der Waals surface area contributed by atoms with Gasteiger partial charge in [0.25, 0.3) is 0 Å². The molecule has 0 radical (unpaired) electrons. The maximum absolute atomic E-state index is 12.9. The SMILES string of the molecule is COc1cc(CNCc2ccc(F)cc2)ccc1OCC1CCCO1.